The van der Waals surface area contributed by atoms with E-state index in [0.29, 0.717) is 45.4 Å². The van der Waals surface area contributed by atoms with Crippen LogP contribution < -0.4 is 4.74 Å². The molecule has 1 fully saturated rings. The normalized spacial score (nSPS) is 17.6. The predicted octanol–water partition coefficient (Wildman–Crippen LogP) is 2.39. The average Bonchev–Trinajstić information content (AvgIpc) is 2.46. The third-order valence-electron chi connectivity index (χ3n) is 4.07. The van der Waals surface area contributed by atoms with Crippen molar-refractivity contribution in [1.82, 2.24) is 4.90 Å². The van der Waals surface area contributed by atoms with E-state index in [2.05, 4.69) is 0 Å². The monoisotopic (exact) mass is 291 g/mol. The average molecular weight is 291 g/mol. The zero-order chi connectivity index (χ0) is 15.3. The van der Waals surface area contributed by atoms with Crippen LogP contribution >= 0.6 is 0 Å². The number of aliphatic hydroxyl groups is 1. The van der Waals surface area contributed by atoms with Gasteiger partial charge in [0.25, 0.3) is 0 Å². The minimum atomic E-state index is -0.613. The van der Waals surface area contributed by atoms with Crippen molar-refractivity contribution in [3.05, 3.63) is 29.8 Å². The Labute approximate surface area is 126 Å². The molecule has 0 atom stereocenters. The summed E-state index contributed by atoms with van der Waals surface area (Å²) in [5, 5.41) is 9.92. The number of hydrogen-bond acceptors (Lipinski definition) is 3. The number of carbonyl (C=O) groups is 1. The van der Waals surface area contributed by atoms with E-state index in [-0.39, 0.29) is 5.91 Å². The Kier molecular flexibility index (Phi) is 5.23. The van der Waals surface area contributed by atoms with E-state index in [9.17, 15) is 9.90 Å². The summed E-state index contributed by atoms with van der Waals surface area (Å²) in [6.45, 7) is 5.73. The van der Waals surface area contributed by atoms with Crippen LogP contribution in [0.1, 0.15) is 38.7 Å². The molecule has 0 unspecified atom stereocenters. The van der Waals surface area contributed by atoms with E-state index in [0.717, 1.165) is 11.3 Å². The van der Waals surface area contributed by atoms with Gasteiger partial charge in [-0.1, -0.05) is 18.2 Å². The lowest BCUT2D eigenvalue weighted by Crippen LogP contribution is -2.45. The van der Waals surface area contributed by atoms with E-state index in [1.54, 1.807) is 0 Å². The molecule has 2 rings (SSSR count). The number of likely N-dealkylation sites (tertiary alicyclic amines) is 1. The summed E-state index contributed by atoms with van der Waals surface area (Å²) in [4.78, 5) is 14.1. The second-order valence-electron chi connectivity index (χ2n) is 5.92. The Morgan fingerprint density at radius 3 is 2.67 bits per heavy atom. The first-order chi connectivity index (χ1) is 10.0. The highest BCUT2D eigenvalue weighted by atomic mass is 16.5. The number of ether oxygens (including phenoxy) is 1. The maximum Gasteiger partial charge on any atom is 0.222 e. The second kappa shape index (κ2) is 6.94. The largest absolute Gasteiger partial charge is 0.494 e. The molecule has 1 amide bonds. The van der Waals surface area contributed by atoms with Gasteiger partial charge in [0.1, 0.15) is 5.75 Å². The van der Waals surface area contributed by atoms with Crippen LogP contribution in [0.15, 0.2) is 24.3 Å². The molecule has 116 valence electrons. The standard InChI is InChI=1S/C17H25NO3/c1-3-21-15-7-5-4-6-14(15)8-9-16(19)18-12-10-17(2,20)11-13-18/h4-7,20H,3,8-13H2,1-2H3. The van der Waals surface area contributed by atoms with E-state index >= 15 is 0 Å². The summed E-state index contributed by atoms with van der Waals surface area (Å²) in [6.07, 6.45) is 2.51. The Balaban J connectivity index is 1.87. The molecule has 0 aromatic heterocycles. The fourth-order valence-corrected chi connectivity index (χ4v) is 2.64. The van der Waals surface area contributed by atoms with Crippen LogP contribution in [0.25, 0.3) is 0 Å². The van der Waals surface area contributed by atoms with E-state index < -0.39 is 5.60 Å². The molecule has 1 aromatic rings. The highest BCUT2D eigenvalue weighted by Gasteiger charge is 2.29. The second-order valence-corrected chi connectivity index (χ2v) is 5.92. The molecule has 0 aliphatic carbocycles. The number of hydrogen-bond donors (Lipinski definition) is 1. The van der Waals surface area contributed by atoms with Crippen LogP contribution in [-0.2, 0) is 11.2 Å². The summed E-state index contributed by atoms with van der Waals surface area (Å²) in [5.41, 5.74) is 0.468. The lowest BCUT2D eigenvalue weighted by atomic mass is 9.93. The van der Waals surface area contributed by atoms with Gasteiger partial charge in [-0.2, -0.15) is 0 Å². The third-order valence-corrected chi connectivity index (χ3v) is 4.07. The third kappa shape index (κ3) is 4.46. The molecule has 1 aliphatic rings. The van der Waals surface area contributed by atoms with Gasteiger partial charge < -0.3 is 14.7 Å². The molecule has 1 N–H and O–H groups in total. The Bertz CT molecular complexity index is 475. The van der Waals surface area contributed by atoms with Crippen molar-refractivity contribution in [2.45, 2.75) is 45.1 Å². The van der Waals surface area contributed by atoms with Crippen molar-refractivity contribution in [2.75, 3.05) is 19.7 Å². The maximum absolute atomic E-state index is 12.3. The van der Waals surface area contributed by atoms with Crippen LogP contribution in [0.5, 0.6) is 5.75 Å². The zero-order valence-electron chi connectivity index (χ0n) is 13.0. The summed E-state index contributed by atoms with van der Waals surface area (Å²) >= 11 is 0. The SMILES string of the molecule is CCOc1ccccc1CCC(=O)N1CCC(C)(O)CC1. The number of aryl methyl sites for hydroxylation is 1. The number of amides is 1. The molecule has 0 bridgehead atoms. The van der Waals surface area contributed by atoms with Crippen LogP contribution in [0.4, 0.5) is 0 Å². The Morgan fingerprint density at radius 2 is 2.00 bits per heavy atom. The fourth-order valence-electron chi connectivity index (χ4n) is 2.64. The van der Waals surface area contributed by atoms with Gasteiger partial charge in [0, 0.05) is 19.5 Å². The van der Waals surface area contributed by atoms with Gasteiger partial charge in [-0.15, -0.1) is 0 Å². The van der Waals surface area contributed by atoms with Crippen molar-refractivity contribution in [1.29, 1.82) is 0 Å². The summed E-state index contributed by atoms with van der Waals surface area (Å²) in [6, 6.07) is 7.88. The van der Waals surface area contributed by atoms with E-state index in [1.165, 1.54) is 0 Å². The summed E-state index contributed by atoms with van der Waals surface area (Å²) in [5.74, 6) is 1.03. The van der Waals surface area contributed by atoms with Crippen molar-refractivity contribution in [2.24, 2.45) is 0 Å². The van der Waals surface area contributed by atoms with Gasteiger partial charge in [0.2, 0.25) is 5.91 Å². The minimum Gasteiger partial charge on any atom is -0.494 e. The summed E-state index contributed by atoms with van der Waals surface area (Å²) < 4.78 is 5.58. The van der Waals surface area contributed by atoms with Gasteiger partial charge in [0.15, 0.2) is 0 Å². The van der Waals surface area contributed by atoms with Crippen LogP contribution in [-0.4, -0.2) is 41.2 Å². The molecular weight excluding hydrogens is 266 g/mol. The first kappa shape index (κ1) is 15.8. The highest BCUT2D eigenvalue weighted by Crippen LogP contribution is 2.23. The molecule has 0 spiro atoms. The maximum atomic E-state index is 12.3. The molecule has 1 saturated heterocycles. The number of nitrogens with zero attached hydrogens (tertiary/aromatic N) is 1. The van der Waals surface area contributed by atoms with E-state index in [4.69, 9.17) is 4.74 Å². The molecule has 4 nitrogen and oxygen atoms in total. The predicted molar refractivity (Wildman–Crippen MR) is 82.4 cm³/mol. The molecule has 0 saturated carbocycles. The first-order valence-electron chi connectivity index (χ1n) is 7.73. The van der Waals surface area contributed by atoms with Crippen molar-refractivity contribution in [3.63, 3.8) is 0 Å². The van der Waals surface area contributed by atoms with Crippen molar-refractivity contribution >= 4 is 5.91 Å². The Hall–Kier alpha value is -1.55. The Morgan fingerprint density at radius 1 is 1.33 bits per heavy atom. The quantitative estimate of drug-likeness (QED) is 0.906. The molecule has 21 heavy (non-hydrogen) atoms. The van der Waals surface area contributed by atoms with Crippen molar-refractivity contribution in [3.8, 4) is 5.75 Å². The first-order valence-corrected chi connectivity index (χ1v) is 7.73. The van der Waals surface area contributed by atoms with Gasteiger partial charge in [0.05, 0.1) is 12.2 Å². The molecular formula is C17H25NO3. The zero-order valence-corrected chi connectivity index (χ0v) is 13.0. The van der Waals surface area contributed by atoms with Crippen molar-refractivity contribution < 1.29 is 14.6 Å². The smallest absolute Gasteiger partial charge is 0.222 e. The minimum absolute atomic E-state index is 0.164. The lowest BCUT2D eigenvalue weighted by molar-refractivity contribution is -0.134. The fraction of sp³-hybridized carbons (Fsp3) is 0.588. The van der Waals surface area contributed by atoms with Gasteiger partial charge in [-0.25, -0.2) is 0 Å². The molecule has 4 heteroatoms. The number of benzene rings is 1. The number of rotatable bonds is 5. The number of carbonyl (C=O) groups excluding carboxylic acids is 1. The molecule has 0 radical (unpaired) electrons. The van der Waals surface area contributed by atoms with E-state index in [1.807, 2.05) is 43.0 Å². The molecule has 1 heterocycles. The highest BCUT2D eigenvalue weighted by molar-refractivity contribution is 5.76. The molecule has 1 aromatic carbocycles. The topological polar surface area (TPSA) is 49.8 Å². The molecule has 1 aliphatic heterocycles. The van der Waals surface area contributed by atoms with Crippen LogP contribution in [0.2, 0.25) is 0 Å². The van der Waals surface area contributed by atoms with Gasteiger partial charge >= 0.3 is 0 Å². The van der Waals surface area contributed by atoms with Crippen LogP contribution in [0, 0.1) is 0 Å². The number of para-hydroxylation sites is 1. The lowest BCUT2D eigenvalue weighted by Gasteiger charge is -2.35. The van der Waals surface area contributed by atoms with Gasteiger partial charge in [-0.3, -0.25) is 4.79 Å². The van der Waals surface area contributed by atoms with Gasteiger partial charge in [-0.05, 0) is 44.7 Å². The number of piperidine rings is 1. The van der Waals surface area contributed by atoms with Crippen LogP contribution in [0.3, 0.4) is 0 Å². The summed E-state index contributed by atoms with van der Waals surface area (Å²) in [7, 11) is 0.